The normalized spacial score (nSPS) is 25.6. The molecule has 5 rings (SSSR count). The van der Waals surface area contributed by atoms with Crippen molar-refractivity contribution in [1.29, 1.82) is 0 Å². The number of ether oxygens (including phenoxy) is 1. The number of likely N-dealkylation sites (N-methyl/N-ethyl adjacent to an activating group) is 1. The van der Waals surface area contributed by atoms with Crippen molar-refractivity contribution in [2.24, 2.45) is 7.05 Å². The molecule has 8 heteroatoms. The molecule has 2 unspecified atom stereocenters. The first-order valence-corrected chi connectivity index (χ1v) is 9.88. The Balaban J connectivity index is 1.81. The Morgan fingerprint density at radius 2 is 1.82 bits per heavy atom. The first kappa shape index (κ1) is 17.9. The van der Waals surface area contributed by atoms with E-state index in [0.717, 1.165) is 25.3 Å². The number of anilines is 2. The minimum absolute atomic E-state index is 0.0714. The molecule has 2 aromatic rings. The number of aryl methyl sites for hydroxylation is 2. The molecule has 2 atom stereocenters. The molecule has 0 N–H and O–H groups in total. The van der Waals surface area contributed by atoms with E-state index in [1.807, 2.05) is 0 Å². The van der Waals surface area contributed by atoms with E-state index in [-0.39, 0.29) is 23.5 Å². The van der Waals surface area contributed by atoms with Gasteiger partial charge in [0.1, 0.15) is 17.2 Å². The molecule has 150 valence electrons. The van der Waals surface area contributed by atoms with Crippen LogP contribution >= 0.6 is 0 Å². The molecule has 0 spiro atoms. The molecular weight excluding hydrogens is 361 g/mol. The number of hydrogen-bond donors (Lipinski definition) is 0. The van der Waals surface area contributed by atoms with Crippen LogP contribution in [0.4, 0.5) is 15.8 Å². The molecule has 2 aromatic heterocycles. The average molecular weight is 387 g/mol. The Morgan fingerprint density at radius 1 is 1.11 bits per heavy atom. The second-order valence-electron chi connectivity index (χ2n) is 8.43. The topological polar surface area (TPSA) is 53.8 Å². The van der Waals surface area contributed by atoms with Gasteiger partial charge in [-0.1, -0.05) is 0 Å². The Bertz CT molecular complexity index is 1020. The highest BCUT2D eigenvalue weighted by molar-refractivity contribution is 5.98. The van der Waals surface area contributed by atoms with Crippen molar-refractivity contribution >= 4 is 22.4 Å². The Labute approximate surface area is 163 Å². The third kappa shape index (κ3) is 2.40. The molecule has 2 saturated heterocycles. The molecule has 0 saturated carbocycles. The van der Waals surface area contributed by atoms with Crippen molar-refractivity contribution < 1.29 is 9.13 Å². The first-order chi connectivity index (χ1) is 13.4. The van der Waals surface area contributed by atoms with Crippen molar-refractivity contribution in [3.05, 3.63) is 27.9 Å². The van der Waals surface area contributed by atoms with Gasteiger partial charge in [0.15, 0.2) is 0 Å². The second kappa shape index (κ2) is 6.15. The molecule has 0 aromatic carbocycles. The van der Waals surface area contributed by atoms with E-state index in [4.69, 9.17) is 4.74 Å². The molecule has 28 heavy (non-hydrogen) atoms. The predicted molar refractivity (Wildman–Crippen MR) is 107 cm³/mol. The highest BCUT2D eigenvalue weighted by atomic mass is 19.1. The maximum Gasteiger partial charge on any atom is 0.277 e. The van der Waals surface area contributed by atoms with Gasteiger partial charge in [-0.05, 0) is 27.0 Å². The van der Waals surface area contributed by atoms with Gasteiger partial charge in [-0.2, -0.15) is 0 Å². The third-order valence-electron chi connectivity index (χ3n) is 6.63. The van der Waals surface area contributed by atoms with Gasteiger partial charge in [0.25, 0.3) is 5.56 Å². The van der Waals surface area contributed by atoms with E-state index in [9.17, 15) is 9.18 Å². The summed E-state index contributed by atoms with van der Waals surface area (Å²) in [6.07, 6.45) is 0. The van der Waals surface area contributed by atoms with Crippen LogP contribution in [0.1, 0.15) is 12.6 Å². The molecule has 3 aliphatic rings. The summed E-state index contributed by atoms with van der Waals surface area (Å²) in [5, 5.41) is 0.715. The number of aromatic nitrogens is 2. The summed E-state index contributed by atoms with van der Waals surface area (Å²) in [4.78, 5) is 24.7. The highest BCUT2D eigenvalue weighted by Crippen LogP contribution is 2.41. The van der Waals surface area contributed by atoms with Gasteiger partial charge < -0.3 is 14.5 Å². The monoisotopic (exact) mass is 387 g/mol. The predicted octanol–water partition coefficient (Wildman–Crippen LogP) is 1.11. The molecular formula is C20H26FN5O2. The summed E-state index contributed by atoms with van der Waals surface area (Å²) in [6, 6.07) is 2.34. The van der Waals surface area contributed by atoms with Gasteiger partial charge >= 0.3 is 0 Å². The van der Waals surface area contributed by atoms with E-state index in [2.05, 4.69) is 33.7 Å². The number of halogens is 1. The second-order valence-corrected chi connectivity index (χ2v) is 8.43. The van der Waals surface area contributed by atoms with Crippen LogP contribution in [0.3, 0.4) is 0 Å². The molecule has 0 aliphatic carbocycles. The number of fused-ring (bicyclic) bond motifs is 5. The van der Waals surface area contributed by atoms with Crippen LogP contribution in [0.25, 0.3) is 11.0 Å². The van der Waals surface area contributed by atoms with Crippen molar-refractivity contribution in [3.63, 3.8) is 0 Å². The summed E-state index contributed by atoms with van der Waals surface area (Å²) in [7, 11) is 3.87. The van der Waals surface area contributed by atoms with Gasteiger partial charge in [0, 0.05) is 38.1 Å². The lowest BCUT2D eigenvalue weighted by atomic mass is 9.98. The lowest BCUT2D eigenvalue weighted by Gasteiger charge is -2.53. The van der Waals surface area contributed by atoms with E-state index in [1.54, 1.807) is 24.6 Å². The van der Waals surface area contributed by atoms with Gasteiger partial charge in [0.2, 0.25) is 0 Å². The zero-order valence-electron chi connectivity index (χ0n) is 16.8. The zero-order valence-corrected chi connectivity index (χ0v) is 16.8. The van der Waals surface area contributed by atoms with E-state index in [1.165, 1.54) is 0 Å². The van der Waals surface area contributed by atoms with Crippen LogP contribution < -0.4 is 15.4 Å². The van der Waals surface area contributed by atoms with Crippen LogP contribution in [0, 0.1) is 12.7 Å². The van der Waals surface area contributed by atoms with Crippen molar-refractivity contribution in [1.82, 2.24) is 14.5 Å². The molecule has 0 radical (unpaired) electrons. The van der Waals surface area contributed by atoms with Gasteiger partial charge in [0.05, 0.1) is 36.7 Å². The van der Waals surface area contributed by atoms with Gasteiger partial charge in [-0.25, -0.2) is 9.37 Å². The minimum atomic E-state index is -0.337. The molecule has 0 bridgehead atoms. The number of piperazine rings is 1. The van der Waals surface area contributed by atoms with Crippen LogP contribution in [-0.4, -0.2) is 72.5 Å². The van der Waals surface area contributed by atoms with Crippen LogP contribution in [0.5, 0.6) is 0 Å². The number of hydrogen-bond acceptors (Lipinski definition) is 6. The Hall–Kier alpha value is -2.19. The fraction of sp³-hybridized carbons (Fsp3) is 0.600. The van der Waals surface area contributed by atoms with E-state index in [0.29, 0.717) is 41.7 Å². The van der Waals surface area contributed by atoms with Crippen molar-refractivity contribution in [2.45, 2.75) is 32.0 Å². The smallest absolute Gasteiger partial charge is 0.277 e. The van der Waals surface area contributed by atoms with Crippen molar-refractivity contribution in [3.8, 4) is 0 Å². The number of rotatable bonds is 1. The van der Waals surface area contributed by atoms with Gasteiger partial charge in [-0.15, -0.1) is 0 Å². The minimum Gasteiger partial charge on any atom is -0.377 e. The fourth-order valence-corrected chi connectivity index (χ4v) is 4.70. The highest BCUT2D eigenvalue weighted by Gasteiger charge is 2.43. The van der Waals surface area contributed by atoms with E-state index >= 15 is 0 Å². The van der Waals surface area contributed by atoms with Crippen LogP contribution in [0.2, 0.25) is 0 Å². The summed E-state index contributed by atoms with van der Waals surface area (Å²) < 4.78 is 21.5. The molecule has 3 aliphatic heterocycles. The maximum absolute atomic E-state index is 14.5. The summed E-state index contributed by atoms with van der Waals surface area (Å²) in [6.45, 7) is 7.57. The average Bonchev–Trinajstić information content (AvgIpc) is 2.60. The summed E-state index contributed by atoms with van der Waals surface area (Å²) in [5.41, 5.74) is 2.29. The zero-order chi connectivity index (χ0) is 19.7. The molecule has 0 amide bonds. The third-order valence-corrected chi connectivity index (χ3v) is 6.63. The molecule has 7 nitrogen and oxygen atoms in total. The number of nitrogens with zero attached hydrogens (tertiary/aromatic N) is 5. The van der Waals surface area contributed by atoms with Crippen LogP contribution in [-0.2, 0) is 11.8 Å². The first-order valence-electron chi connectivity index (χ1n) is 9.88. The summed E-state index contributed by atoms with van der Waals surface area (Å²) in [5.74, 6) is -0.337. The summed E-state index contributed by atoms with van der Waals surface area (Å²) >= 11 is 0. The molecule has 2 fully saturated rings. The fourth-order valence-electron chi connectivity index (χ4n) is 4.70. The SMILES string of the molecule is Cc1nc2c(cc1F)c1c(c(=O)n2C)N(C2COC2)CC2CN(C)C(C)CN12. The largest absolute Gasteiger partial charge is 0.377 e. The lowest BCUT2D eigenvalue weighted by molar-refractivity contribution is 0.00640. The van der Waals surface area contributed by atoms with E-state index < -0.39 is 0 Å². The van der Waals surface area contributed by atoms with Gasteiger partial charge in [-0.3, -0.25) is 14.3 Å². The number of pyridine rings is 2. The van der Waals surface area contributed by atoms with Crippen LogP contribution in [0.15, 0.2) is 10.9 Å². The Kier molecular flexibility index (Phi) is 3.93. The molecule has 5 heterocycles. The van der Waals surface area contributed by atoms with Crippen molar-refractivity contribution in [2.75, 3.05) is 49.7 Å². The lowest BCUT2D eigenvalue weighted by Crippen LogP contribution is -2.65. The standard InChI is InChI=1S/C20H26FN5O2/c1-11-6-25-13(7-23(11)3)8-26(14-9-28-10-14)18-17(25)15-5-16(21)12(2)22-19(15)24(4)20(18)27/h5,11,13-14H,6-10H2,1-4H3. The quantitative estimate of drug-likeness (QED) is 0.731. The Morgan fingerprint density at radius 3 is 2.50 bits per heavy atom. The maximum atomic E-state index is 14.5.